The van der Waals surface area contributed by atoms with Crippen LogP contribution in [0.5, 0.6) is 0 Å². The average molecular weight is 291 g/mol. The summed E-state index contributed by atoms with van der Waals surface area (Å²) in [5, 5.41) is 0. The van der Waals surface area contributed by atoms with Gasteiger partial charge in [-0.2, -0.15) is 0 Å². The largest absolute Gasteiger partial charge is 0.323 e. The zero-order valence-corrected chi connectivity index (χ0v) is 14.7. The van der Waals surface area contributed by atoms with Crippen LogP contribution in [-0.4, -0.2) is 50.1 Å². The van der Waals surface area contributed by atoms with Gasteiger partial charge >= 0.3 is 0 Å². The molecule has 1 aromatic rings. The van der Waals surface area contributed by atoms with Crippen molar-refractivity contribution in [1.29, 1.82) is 0 Å². The molecule has 0 fully saturated rings. The summed E-state index contributed by atoms with van der Waals surface area (Å²) in [4.78, 5) is 4.72. The maximum atomic E-state index is 6.46. The quantitative estimate of drug-likeness (QED) is 0.799. The normalized spacial score (nSPS) is 13.4. The summed E-state index contributed by atoms with van der Waals surface area (Å²) in [5.41, 5.74) is 10.3. The van der Waals surface area contributed by atoms with Crippen molar-refractivity contribution in [3.8, 4) is 0 Å². The molecule has 0 bridgehead atoms. The highest BCUT2D eigenvalue weighted by molar-refractivity contribution is 5.30. The molecule has 1 aromatic carbocycles. The van der Waals surface area contributed by atoms with Gasteiger partial charge in [-0.1, -0.05) is 43.2 Å². The molecule has 3 heteroatoms. The Labute approximate surface area is 131 Å². The number of likely N-dealkylation sites (N-methyl/N-ethyl adjacent to an activating group) is 1. The van der Waals surface area contributed by atoms with Gasteiger partial charge < -0.3 is 10.6 Å². The first-order valence-corrected chi connectivity index (χ1v) is 7.98. The molecule has 0 saturated carbocycles. The van der Waals surface area contributed by atoms with E-state index in [4.69, 9.17) is 5.73 Å². The van der Waals surface area contributed by atoms with Crippen molar-refractivity contribution in [3.05, 3.63) is 34.9 Å². The van der Waals surface area contributed by atoms with E-state index >= 15 is 0 Å². The molecule has 0 aromatic heterocycles. The molecule has 0 aliphatic carbocycles. The molecule has 1 atom stereocenters. The molecule has 0 radical (unpaired) electrons. The van der Waals surface area contributed by atoms with Crippen LogP contribution in [0, 0.1) is 19.8 Å². The standard InChI is InChI=1S/C18H33N3/c1-14(2)12-21(8-7-20(5)6)13-18(19)17-10-15(3)9-16(4)11-17/h9-11,14,18H,7-8,12-13,19H2,1-6H3. The summed E-state index contributed by atoms with van der Waals surface area (Å²) in [6, 6.07) is 6.73. The highest BCUT2D eigenvalue weighted by Crippen LogP contribution is 2.17. The van der Waals surface area contributed by atoms with E-state index in [0.29, 0.717) is 5.92 Å². The maximum Gasteiger partial charge on any atom is 0.0424 e. The fourth-order valence-corrected chi connectivity index (χ4v) is 2.72. The van der Waals surface area contributed by atoms with Gasteiger partial charge in [0.25, 0.3) is 0 Å². The van der Waals surface area contributed by atoms with Gasteiger partial charge in [0, 0.05) is 32.2 Å². The zero-order chi connectivity index (χ0) is 16.0. The lowest BCUT2D eigenvalue weighted by atomic mass is 10.0. The van der Waals surface area contributed by atoms with Gasteiger partial charge in [0.2, 0.25) is 0 Å². The summed E-state index contributed by atoms with van der Waals surface area (Å²) in [6.45, 7) is 13.0. The third kappa shape index (κ3) is 7.07. The molecule has 3 nitrogen and oxygen atoms in total. The minimum absolute atomic E-state index is 0.0875. The van der Waals surface area contributed by atoms with Gasteiger partial charge in [-0.25, -0.2) is 0 Å². The molecule has 120 valence electrons. The van der Waals surface area contributed by atoms with Gasteiger partial charge in [0.15, 0.2) is 0 Å². The van der Waals surface area contributed by atoms with Gasteiger partial charge in [-0.3, -0.25) is 4.90 Å². The van der Waals surface area contributed by atoms with Crippen LogP contribution in [0.1, 0.15) is 36.6 Å². The Bertz CT molecular complexity index is 406. The minimum atomic E-state index is 0.0875. The van der Waals surface area contributed by atoms with Gasteiger partial charge in [-0.05, 0) is 39.4 Å². The second-order valence-electron chi connectivity index (χ2n) is 6.98. The molecule has 1 unspecified atom stereocenters. The Morgan fingerprint density at radius 1 is 0.952 bits per heavy atom. The van der Waals surface area contributed by atoms with Crippen molar-refractivity contribution in [2.45, 2.75) is 33.7 Å². The predicted molar refractivity (Wildman–Crippen MR) is 92.7 cm³/mol. The van der Waals surface area contributed by atoms with E-state index in [9.17, 15) is 0 Å². The van der Waals surface area contributed by atoms with Crippen LogP contribution in [0.3, 0.4) is 0 Å². The summed E-state index contributed by atoms with van der Waals surface area (Å²) in [7, 11) is 4.24. The third-order valence-corrected chi connectivity index (χ3v) is 3.61. The molecule has 2 N–H and O–H groups in total. The monoisotopic (exact) mass is 291 g/mol. The second-order valence-corrected chi connectivity index (χ2v) is 6.98. The summed E-state index contributed by atoms with van der Waals surface area (Å²) in [5.74, 6) is 0.665. The van der Waals surface area contributed by atoms with E-state index in [-0.39, 0.29) is 6.04 Å². The molecule has 0 aliphatic heterocycles. The van der Waals surface area contributed by atoms with Gasteiger partial charge in [-0.15, -0.1) is 0 Å². The second kappa shape index (κ2) is 8.52. The minimum Gasteiger partial charge on any atom is -0.323 e. The van der Waals surface area contributed by atoms with Crippen LogP contribution in [0.2, 0.25) is 0 Å². The number of nitrogens with zero attached hydrogens (tertiary/aromatic N) is 2. The van der Waals surface area contributed by atoms with Crippen LogP contribution >= 0.6 is 0 Å². The van der Waals surface area contributed by atoms with Gasteiger partial charge in [0.1, 0.15) is 0 Å². The van der Waals surface area contributed by atoms with Crippen LogP contribution in [0.15, 0.2) is 18.2 Å². The lowest BCUT2D eigenvalue weighted by molar-refractivity contribution is 0.208. The Balaban J connectivity index is 2.71. The molecular formula is C18H33N3. The SMILES string of the molecule is Cc1cc(C)cc(C(N)CN(CCN(C)C)CC(C)C)c1. The molecule has 1 rings (SSSR count). The molecule has 0 saturated heterocycles. The molecule has 0 heterocycles. The van der Waals surface area contributed by atoms with Crippen LogP contribution in [0.25, 0.3) is 0 Å². The molecule has 0 amide bonds. The molecule has 0 aliphatic rings. The van der Waals surface area contributed by atoms with E-state index in [1.165, 1.54) is 16.7 Å². The first-order valence-electron chi connectivity index (χ1n) is 7.98. The first kappa shape index (κ1) is 18.1. The number of hydrogen-bond donors (Lipinski definition) is 1. The fourth-order valence-electron chi connectivity index (χ4n) is 2.72. The summed E-state index contributed by atoms with van der Waals surface area (Å²) < 4.78 is 0. The van der Waals surface area contributed by atoms with Crippen molar-refractivity contribution >= 4 is 0 Å². The van der Waals surface area contributed by atoms with E-state index in [1.807, 2.05) is 0 Å². The topological polar surface area (TPSA) is 32.5 Å². The van der Waals surface area contributed by atoms with Crippen LogP contribution in [-0.2, 0) is 0 Å². The average Bonchev–Trinajstić information content (AvgIpc) is 2.33. The Morgan fingerprint density at radius 2 is 1.52 bits per heavy atom. The van der Waals surface area contributed by atoms with Crippen LogP contribution in [0.4, 0.5) is 0 Å². The number of nitrogens with two attached hydrogens (primary N) is 1. The van der Waals surface area contributed by atoms with Crippen molar-refractivity contribution in [2.75, 3.05) is 40.3 Å². The predicted octanol–water partition coefficient (Wildman–Crippen LogP) is 2.82. The lowest BCUT2D eigenvalue weighted by Crippen LogP contribution is -2.39. The van der Waals surface area contributed by atoms with Crippen molar-refractivity contribution in [1.82, 2.24) is 9.80 Å². The highest BCUT2D eigenvalue weighted by atomic mass is 15.2. The van der Waals surface area contributed by atoms with E-state index < -0.39 is 0 Å². The zero-order valence-electron chi connectivity index (χ0n) is 14.7. The molecule has 0 spiro atoms. The van der Waals surface area contributed by atoms with Gasteiger partial charge in [0.05, 0.1) is 0 Å². The summed E-state index contributed by atoms with van der Waals surface area (Å²) in [6.07, 6.45) is 0. The maximum absolute atomic E-state index is 6.46. The third-order valence-electron chi connectivity index (χ3n) is 3.61. The highest BCUT2D eigenvalue weighted by Gasteiger charge is 2.14. The van der Waals surface area contributed by atoms with E-state index in [0.717, 1.165) is 26.2 Å². The number of hydrogen-bond acceptors (Lipinski definition) is 3. The van der Waals surface area contributed by atoms with E-state index in [2.05, 4.69) is 69.8 Å². The number of rotatable bonds is 8. The Kier molecular flexibility index (Phi) is 7.36. The summed E-state index contributed by atoms with van der Waals surface area (Å²) >= 11 is 0. The Hall–Kier alpha value is -0.900. The van der Waals surface area contributed by atoms with Crippen LogP contribution < -0.4 is 5.73 Å². The van der Waals surface area contributed by atoms with Crippen molar-refractivity contribution in [2.24, 2.45) is 11.7 Å². The van der Waals surface area contributed by atoms with Crippen molar-refractivity contribution in [3.63, 3.8) is 0 Å². The van der Waals surface area contributed by atoms with E-state index in [1.54, 1.807) is 0 Å². The lowest BCUT2D eigenvalue weighted by Gasteiger charge is -2.28. The molecular weight excluding hydrogens is 258 g/mol. The smallest absolute Gasteiger partial charge is 0.0424 e. The van der Waals surface area contributed by atoms with Crippen molar-refractivity contribution < 1.29 is 0 Å². The first-order chi connectivity index (χ1) is 9.77. The Morgan fingerprint density at radius 3 is 2.00 bits per heavy atom. The number of aryl methyl sites for hydroxylation is 2. The number of benzene rings is 1. The fraction of sp³-hybridized carbons (Fsp3) is 0.667. The molecule has 21 heavy (non-hydrogen) atoms.